The van der Waals surface area contributed by atoms with Crippen LogP contribution in [0.3, 0.4) is 0 Å². The number of hydrogen-bond donors (Lipinski definition) is 1. The number of halogens is 2. The number of benzene rings is 1. The van der Waals surface area contributed by atoms with Gasteiger partial charge in [-0.1, -0.05) is 26.0 Å². The Labute approximate surface area is 153 Å². The van der Waals surface area contributed by atoms with E-state index < -0.39 is 11.6 Å². The van der Waals surface area contributed by atoms with Crippen LogP contribution in [0.1, 0.15) is 32.3 Å². The lowest BCUT2D eigenvalue weighted by molar-refractivity contribution is -0.106. The summed E-state index contributed by atoms with van der Waals surface area (Å²) < 4.78 is 27.1. The number of amides is 1. The van der Waals surface area contributed by atoms with Crippen molar-refractivity contribution in [3.8, 4) is 0 Å². The van der Waals surface area contributed by atoms with Crippen LogP contribution in [0.2, 0.25) is 0 Å². The smallest absolute Gasteiger partial charge is 0.234 e. The lowest BCUT2D eigenvalue weighted by Crippen LogP contribution is -2.31. The van der Waals surface area contributed by atoms with E-state index in [0.29, 0.717) is 18.3 Å². The normalized spacial score (nSPS) is 19.3. The molecule has 0 radical (unpaired) electrons. The molecule has 1 unspecified atom stereocenters. The molecule has 26 heavy (non-hydrogen) atoms. The van der Waals surface area contributed by atoms with Crippen molar-refractivity contribution in [3.05, 3.63) is 47.3 Å². The Bertz CT molecular complexity index is 690. The molecule has 1 amide bonds. The number of hydrogen-bond acceptors (Lipinski definition) is 3. The molecule has 0 aromatic heterocycles. The van der Waals surface area contributed by atoms with Gasteiger partial charge in [0.25, 0.3) is 0 Å². The van der Waals surface area contributed by atoms with Crippen LogP contribution in [0.25, 0.3) is 0 Å². The van der Waals surface area contributed by atoms with Gasteiger partial charge in [0.1, 0.15) is 11.7 Å². The van der Waals surface area contributed by atoms with Crippen molar-refractivity contribution < 1.29 is 13.6 Å². The van der Waals surface area contributed by atoms with Gasteiger partial charge in [0, 0.05) is 44.4 Å². The predicted octanol–water partition coefficient (Wildman–Crippen LogP) is 2.89. The third kappa shape index (κ3) is 4.59. The molecule has 0 bridgehead atoms. The highest BCUT2D eigenvalue weighted by Crippen LogP contribution is 2.24. The third-order valence-corrected chi connectivity index (χ3v) is 4.50. The summed E-state index contributed by atoms with van der Waals surface area (Å²) in [4.78, 5) is 19.1. The summed E-state index contributed by atoms with van der Waals surface area (Å²) >= 11 is 0. The van der Waals surface area contributed by atoms with Gasteiger partial charge in [0.05, 0.1) is 0 Å². The Morgan fingerprint density at radius 3 is 2.81 bits per heavy atom. The maximum Gasteiger partial charge on any atom is 0.234 e. The number of rotatable bonds is 7. The monoisotopic (exact) mass is 364 g/mol. The zero-order valence-corrected chi connectivity index (χ0v) is 15.5. The molecule has 5 nitrogen and oxygen atoms in total. The summed E-state index contributed by atoms with van der Waals surface area (Å²) in [5, 5.41) is 2.93. The number of amidine groups is 1. The lowest BCUT2D eigenvalue weighted by atomic mass is 10.2. The van der Waals surface area contributed by atoms with E-state index in [0.717, 1.165) is 37.8 Å². The summed E-state index contributed by atoms with van der Waals surface area (Å²) in [7, 11) is 1.99. The first-order chi connectivity index (χ1) is 12.5. The second-order valence-electron chi connectivity index (χ2n) is 6.32. The molecule has 1 N–H and O–H groups in total. The maximum atomic E-state index is 13.8. The largest absolute Gasteiger partial charge is 0.366 e. The first-order valence-corrected chi connectivity index (χ1v) is 8.89. The van der Waals surface area contributed by atoms with Crippen LogP contribution in [-0.4, -0.2) is 48.2 Å². The summed E-state index contributed by atoms with van der Waals surface area (Å²) in [6, 6.07) is 4.42. The minimum absolute atomic E-state index is 0.0365. The van der Waals surface area contributed by atoms with E-state index >= 15 is 0 Å². The van der Waals surface area contributed by atoms with Crippen molar-refractivity contribution in [3.63, 3.8) is 0 Å². The molecule has 0 saturated carbocycles. The second kappa shape index (κ2) is 9.31. The zero-order chi connectivity index (χ0) is 19.1. The molecular weight excluding hydrogens is 338 g/mol. The van der Waals surface area contributed by atoms with Gasteiger partial charge in [-0.15, -0.1) is 0 Å². The topological polar surface area (TPSA) is 47.9 Å². The first kappa shape index (κ1) is 19.9. The number of likely N-dealkylation sites (N-methyl/N-ethyl adjacent to an activating group) is 1. The van der Waals surface area contributed by atoms with E-state index in [9.17, 15) is 13.6 Å². The van der Waals surface area contributed by atoms with Gasteiger partial charge in [-0.05, 0) is 18.9 Å². The highest BCUT2D eigenvalue weighted by atomic mass is 19.2. The Morgan fingerprint density at radius 2 is 2.15 bits per heavy atom. The van der Waals surface area contributed by atoms with E-state index in [1.54, 1.807) is 6.08 Å². The Balaban J connectivity index is 2.21. The molecule has 0 spiro atoms. The molecule has 1 aliphatic heterocycles. The Hall–Kier alpha value is -2.44. The second-order valence-corrected chi connectivity index (χ2v) is 6.32. The van der Waals surface area contributed by atoms with Crippen molar-refractivity contribution in [1.82, 2.24) is 15.1 Å². The molecule has 0 aliphatic carbocycles. The van der Waals surface area contributed by atoms with Crippen LogP contribution in [0.5, 0.6) is 0 Å². The molecule has 1 aliphatic rings. The van der Waals surface area contributed by atoms with E-state index in [4.69, 9.17) is 0 Å². The average Bonchev–Trinajstić information content (AvgIpc) is 2.92. The minimum atomic E-state index is -0.896. The summed E-state index contributed by atoms with van der Waals surface area (Å²) in [5.41, 5.74) is 0.179. The molecule has 1 fully saturated rings. The van der Waals surface area contributed by atoms with Crippen LogP contribution < -0.4 is 5.32 Å². The van der Waals surface area contributed by atoms with Crippen molar-refractivity contribution in [1.29, 1.82) is 0 Å². The molecule has 1 saturated heterocycles. The lowest BCUT2D eigenvalue weighted by Gasteiger charge is -2.26. The standard InChI is InChI=1S/C19H26F2N4O/c1-4-9-25-15(5-2)12-24(3)18(25)10-17(23-13-26)22-11-14-7-6-8-16(20)19(14)21/h6-8,10,13,15H,4-5,9,11-12H2,1-3H3,(H,22,23,26)/b18-10+. The fourth-order valence-electron chi connectivity index (χ4n) is 3.18. The Kier molecular flexibility index (Phi) is 7.12. The van der Waals surface area contributed by atoms with Gasteiger partial charge in [0.2, 0.25) is 6.41 Å². The Morgan fingerprint density at radius 1 is 1.38 bits per heavy atom. The number of carbonyl (C=O) groups is 1. The van der Waals surface area contributed by atoms with Crippen molar-refractivity contribution >= 4 is 12.2 Å². The number of carbonyl (C=O) groups excluding carboxylic acids is 1. The van der Waals surface area contributed by atoms with E-state index in [2.05, 4.69) is 34.0 Å². The summed E-state index contributed by atoms with van der Waals surface area (Å²) in [6.45, 7) is 6.11. The van der Waals surface area contributed by atoms with E-state index in [-0.39, 0.29) is 12.1 Å². The molecule has 7 heteroatoms. The van der Waals surface area contributed by atoms with Crippen molar-refractivity contribution in [2.75, 3.05) is 20.1 Å². The fourth-order valence-corrected chi connectivity index (χ4v) is 3.18. The highest BCUT2D eigenvalue weighted by molar-refractivity contribution is 5.97. The molecule has 1 heterocycles. The van der Waals surface area contributed by atoms with Gasteiger partial charge in [-0.25, -0.2) is 8.78 Å². The van der Waals surface area contributed by atoms with Gasteiger partial charge >= 0.3 is 0 Å². The zero-order valence-electron chi connectivity index (χ0n) is 15.5. The molecule has 142 valence electrons. The quantitative estimate of drug-likeness (QED) is 0.459. The first-order valence-electron chi connectivity index (χ1n) is 8.89. The SMILES string of the molecule is CCCN1/C(=C/C(=N\C=O)NCc2cccc(F)c2F)N(C)CC1CC. The predicted molar refractivity (Wildman–Crippen MR) is 98.5 cm³/mol. The number of aliphatic imine (C=N–C) groups is 1. The van der Waals surface area contributed by atoms with Gasteiger partial charge in [-0.2, -0.15) is 4.99 Å². The summed E-state index contributed by atoms with van der Waals surface area (Å²) in [5.74, 6) is -0.503. The molecule has 1 aromatic carbocycles. The van der Waals surface area contributed by atoms with Crippen LogP contribution >= 0.6 is 0 Å². The van der Waals surface area contributed by atoms with Gasteiger partial charge in [0.15, 0.2) is 11.6 Å². The molecule has 1 atom stereocenters. The summed E-state index contributed by atoms with van der Waals surface area (Å²) in [6.07, 6.45) is 4.25. The van der Waals surface area contributed by atoms with Crippen molar-refractivity contribution in [2.24, 2.45) is 4.99 Å². The molecular formula is C19H26F2N4O. The molecule has 1 aromatic rings. The van der Waals surface area contributed by atoms with Gasteiger partial charge in [-0.3, -0.25) is 4.79 Å². The van der Waals surface area contributed by atoms with Crippen LogP contribution in [0.15, 0.2) is 35.1 Å². The van der Waals surface area contributed by atoms with Crippen LogP contribution in [0, 0.1) is 11.6 Å². The highest BCUT2D eigenvalue weighted by Gasteiger charge is 2.30. The fraction of sp³-hybridized carbons (Fsp3) is 0.474. The van der Waals surface area contributed by atoms with Gasteiger partial charge < -0.3 is 15.1 Å². The molecule has 2 rings (SSSR count). The number of nitrogens with zero attached hydrogens (tertiary/aromatic N) is 3. The third-order valence-electron chi connectivity index (χ3n) is 4.50. The average molecular weight is 364 g/mol. The van der Waals surface area contributed by atoms with E-state index in [1.165, 1.54) is 12.1 Å². The van der Waals surface area contributed by atoms with Crippen LogP contribution in [0.4, 0.5) is 8.78 Å². The number of nitrogens with one attached hydrogen (secondary N) is 1. The van der Waals surface area contributed by atoms with E-state index in [1.807, 2.05) is 7.05 Å². The maximum absolute atomic E-state index is 13.8. The minimum Gasteiger partial charge on any atom is -0.366 e. The van der Waals surface area contributed by atoms with Crippen molar-refractivity contribution in [2.45, 2.75) is 39.3 Å². The van der Waals surface area contributed by atoms with Crippen LogP contribution in [-0.2, 0) is 11.3 Å².